The highest BCUT2D eigenvalue weighted by Gasteiger charge is 2.13. The van der Waals surface area contributed by atoms with Crippen LogP contribution < -0.4 is 10.1 Å². The van der Waals surface area contributed by atoms with Crippen LogP contribution in [0.4, 0.5) is 18.9 Å². The Hall–Kier alpha value is -2.74. The summed E-state index contributed by atoms with van der Waals surface area (Å²) in [5.74, 6) is -2.47. The lowest BCUT2D eigenvalue weighted by molar-refractivity contribution is -0.119. The first-order valence-corrected chi connectivity index (χ1v) is 7.20. The molecule has 9 heteroatoms. The van der Waals surface area contributed by atoms with E-state index in [0.29, 0.717) is 0 Å². The molecule has 0 aliphatic carbocycles. The number of halogens is 4. The number of benzene rings is 2. The van der Waals surface area contributed by atoms with Gasteiger partial charge < -0.3 is 14.8 Å². The van der Waals surface area contributed by atoms with Crippen molar-refractivity contribution < 1.29 is 32.2 Å². The third kappa shape index (κ3) is 5.68. The van der Waals surface area contributed by atoms with Crippen molar-refractivity contribution in [3.8, 4) is 5.75 Å². The Morgan fingerprint density at radius 2 is 1.80 bits per heavy atom. The van der Waals surface area contributed by atoms with Crippen molar-refractivity contribution in [1.82, 2.24) is 0 Å². The number of hydrogen-bond donors (Lipinski definition) is 1. The van der Waals surface area contributed by atoms with Crippen LogP contribution in [0.5, 0.6) is 5.75 Å². The van der Waals surface area contributed by atoms with Gasteiger partial charge in [0.05, 0.1) is 11.3 Å². The molecular weight excluding hydrogens is 363 g/mol. The molecule has 25 heavy (non-hydrogen) atoms. The first-order chi connectivity index (χ1) is 11.8. The highest BCUT2D eigenvalue weighted by molar-refractivity contribution is 6.30. The fourth-order valence-corrected chi connectivity index (χ4v) is 1.92. The Labute approximate surface area is 145 Å². The van der Waals surface area contributed by atoms with Crippen LogP contribution in [0.15, 0.2) is 42.5 Å². The van der Waals surface area contributed by atoms with Gasteiger partial charge in [0.15, 0.2) is 6.61 Å². The van der Waals surface area contributed by atoms with E-state index < -0.39 is 30.9 Å². The lowest BCUT2D eigenvalue weighted by Gasteiger charge is -2.08. The van der Waals surface area contributed by atoms with E-state index in [9.17, 15) is 22.8 Å². The van der Waals surface area contributed by atoms with E-state index in [1.54, 1.807) is 0 Å². The van der Waals surface area contributed by atoms with Crippen LogP contribution in [0.3, 0.4) is 0 Å². The molecule has 2 rings (SSSR count). The Morgan fingerprint density at radius 1 is 1.12 bits per heavy atom. The molecular formula is C16H11ClF3NO4. The molecule has 2 aromatic rings. The molecule has 0 heterocycles. The summed E-state index contributed by atoms with van der Waals surface area (Å²) >= 11 is 5.59. The number of carbonyl (C=O) groups excluding carboxylic acids is 2. The fourth-order valence-electron chi connectivity index (χ4n) is 1.76. The number of amides is 1. The smallest absolute Gasteiger partial charge is 0.387 e. The largest absolute Gasteiger partial charge is 0.452 e. The second kappa shape index (κ2) is 8.39. The summed E-state index contributed by atoms with van der Waals surface area (Å²) in [4.78, 5) is 23.4. The molecule has 0 radical (unpaired) electrons. The molecule has 0 aliphatic rings. The van der Waals surface area contributed by atoms with Gasteiger partial charge in [-0.25, -0.2) is 9.18 Å². The van der Waals surface area contributed by atoms with Crippen molar-refractivity contribution >= 4 is 29.2 Å². The third-order valence-corrected chi connectivity index (χ3v) is 3.09. The first-order valence-electron chi connectivity index (χ1n) is 6.82. The van der Waals surface area contributed by atoms with Gasteiger partial charge in [0.25, 0.3) is 5.91 Å². The number of carbonyl (C=O) groups is 2. The zero-order chi connectivity index (χ0) is 18.4. The molecule has 0 spiro atoms. The van der Waals surface area contributed by atoms with Gasteiger partial charge in [-0.05, 0) is 42.5 Å². The summed E-state index contributed by atoms with van der Waals surface area (Å²) in [6, 6.07) is 8.39. The van der Waals surface area contributed by atoms with E-state index in [-0.39, 0.29) is 22.0 Å². The van der Waals surface area contributed by atoms with Crippen LogP contribution in [0.25, 0.3) is 0 Å². The second-order valence-corrected chi connectivity index (χ2v) is 5.09. The van der Waals surface area contributed by atoms with Gasteiger partial charge in [0.2, 0.25) is 0 Å². The zero-order valence-corrected chi connectivity index (χ0v) is 13.2. The minimum absolute atomic E-state index is 0.0343. The van der Waals surface area contributed by atoms with E-state index in [4.69, 9.17) is 16.3 Å². The van der Waals surface area contributed by atoms with E-state index in [0.717, 1.165) is 18.2 Å². The molecule has 2 aromatic carbocycles. The van der Waals surface area contributed by atoms with E-state index in [2.05, 4.69) is 10.1 Å². The van der Waals surface area contributed by atoms with Crippen molar-refractivity contribution in [2.45, 2.75) is 6.61 Å². The van der Waals surface area contributed by atoms with Crippen molar-refractivity contribution in [3.05, 3.63) is 58.9 Å². The maximum Gasteiger partial charge on any atom is 0.387 e. The van der Waals surface area contributed by atoms with Gasteiger partial charge in [-0.3, -0.25) is 4.79 Å². The van der Waals surface area contributed by atoms with Crippen molar-refractivity contribution in [2.75, 3.05) is 11.9 Å². The topological polar surface area (TPSA) is 64.6 Å². The second-order valence-electron chi connectivity index (χ2n) is 4.65. The SMILES string of the molecule is O=C(COC(=O)c1ccc(OC(F)F)cc1)Nc1ccc(Cl)cc1F. The predicted octanol–water partition coefficient (Wildman–Crippen LogP) is 3.88. The summed E-state index contributed by atoms with van der Waals surface area (Å²) in [5.41, 5.74) is -0.0777. The van der Waals surface area contributed by atoms with Crippen LogP contribution in [0, 0.1) is 5.82 Å². The number of rotatable bonds is 6. The average Bonchev–Trinajstić information content (AvgIpc) is 2.55. The van der Waals surface area contributed by atoms with Gasteiger partial charge in [0, 0.05) is 5.02 Å². The molecule has 1 N–H and O–H groups in total. The number of ether oxygens (including phenoxy) is 2. The first kappa shape index (κ1) is 18.6. The Balaban J connectivity index is 1.87. The molecule has 0 saturated heterocycles. The van der Waals surface area contributed by atoms with Crippen LogP contribution in [0.1, 0.15) is 10.4 Å². The van der Waals surface area contributed by atoms with Gasteiger partial charge in [-0.1, -0.05) is 11.6 Å². The zero-order valence-electron chi connectivity index (χ0n) is 12.5. The molecule has 5 nitrogen and oxygen atoms in total. The van der Waals surface area contributed by atoms with Crippen LogP contribution in [-0.2, 0) is 9.53 Å². The number of anilines is 1. The average molecular weight is 374 g/mol. The van der Waals surface area contributed by atoms with E-state index >= 15 is 0 Å². The molecule has 0 saturated carbocycles. The van der Waals surface area contributed by atoms with Gasteiger partial charge in [-0.15, -0.1) is 0 Å². The number of alkyl halides is 2. The van der Waals surface area contributed by atoms with Gasteiger partial charge >= 0.3 is 12.6 Å². The number of nitrogens with one attached hydrogen (secondary N) is 1. The van der Waals surface area contributed by atoms with Gasteiger partial charge in [-0.2, -0.15) is 8.78 Å². The van der Waals surface area contributed by atoms with E-state index in [1.807, 2.05) is 0 Å². The standard InChI is InChI=1S/C16H11ClF3NO4/c17-10-3-6-13(12(18)7-10)21-14(22)8-24-15(23)9-1-4-11(5-2-9)25-16(19)20/h1-7,16H,8H2,(H,21,22). The normalized spacial score (nSPS) is 10.4. The Bertz CT molecular complexity index is 768. The molecule has 0 atom stereocenters. The van der Waals surface area contributed by atoms with Crippen molar-refractivity contribution in [1.29, 1.82) is 0 Å². The molecule has 0 unspecified atom stereocenters. The summed E-state index contributed by atoms with van der Waals surface area (Å²) in [6.45, 7) is -3.63. The minimum atomic E-state index is -2.98. The molecule has 1 amide bonds. The summed E-state index contributed by atoms with van der Waals surface area (Å²) in [6.07, 6.45) is 0. The van der Waals surface area contributed by atoms with Crippen molar-refractivity contribution in [3.63, 3.8) is 0 Å². The Morgan fingerprint density at radius 3 is 2.40 bits per heavy atom. The predicted molar refractivity (Wildman–Crippen MR) is 83.4 cm³/mol. The molecule has 132 valence electrons. The lowest BCUT2D eigenvalue weighted by Crippen LogP contribution is -2.21. The monoisotopic (exact) mass is 373 g/mol. The van der Waals surface area contributed by atoms with Crippen molar-refractivity contribution in [2.24, 2.45) is 0 Å². The third-order valence-electron chi connectivity index (χ3n) is 2.85. The molecule has 0 bridgehead atoms. The lowest BCUT2D eigenvalue weighted by atomic mass is 10.2. The summed E-state index contributed by atoms with van der Waals surface area (Å²) < 4.78 is 46.5. The van der Waals surface area contributed by atoms with E-state index in [1.165, 1.54) is 24.3 Å². The van der Waals surface area contributed by atoms with Gasteiger partial charge in [0.1, 0.15) is 11.6 Å². The fraction of sp³-hybridized carbons (Fsp3) is 0.125. The maximum atomic E-state index is 13.5. The number of hydrogen-bond acceptors (Lipinski definition) is 4. The van der Waals surface area contributed by atoms with Crippen LogP contribution in [0.2, 0.25) is 5.02 Å². The maximum absolute atomic E-state index is 13.5. The molecule has 0 aromatic heterocycles. The summed E-state index contributed by atoms with van der Waals surface area (Å²) in [7, 11) is 0. The summed E-state index contributed by atoms with van der Waals surface area (Å²) in [5, 5.41) is 2.39. The highest BCUT2D eigenvalue weighted by atomic mass is 35.5. The highest BCUT2D eigenvalue weighted by Crippen LogP contribution is 2.19. The Kier molecular flexibility index (Phi) is 6.24. The minimum Gasteiger partial charge on any atom is -0.452 e. The number of esters is 1. The quantitative estimate of drug-likeness (QED) is 0.780. The molecule has 0 aliphatic heterocycles. The van der Waals surface area contributed by atoms with Crippen LogP contribution in [-0.4, -0.2) is 25.1 Å². The molecule has 0 fully saturated rings. The van der Waals surface area contributed by atoms with Crippen LogP contribution >= 0.6 is 11.6 Å².